The van der Waals surface area contributed by atoms with E-state index in [4.69, 9.17) is 9.57 Å². The van der Waals surface area contributed by atoms with E-state index in [-0.39, 0.29) is 6.04 Å². The maximum Gasteiger partial charge on any atom is 0.119 e. The highest BCUT2D eigenvalue weighted by atomic mass is 16.6. The standard InChI is InChI=1S/C18H21NO2/c1-20-16-10-11-17-15(12-16)8-5-9-18(17)19-21-13-14-6-3-2-4-7-14/h2-4,6-7,10-12,18-19H,5,8-9,13H2,1H3. The number of aryl methyl sites for hydroxylation is 1. The zero-order chi connectivity index (χ0) is 14.5. The van der Waals surface area contributed by atoms with Crippen LogP contribution in [0.15, 0.2) is 48.5 Å². The average Bonchev–Trinajstić information content (AvgIpc) is 2.55. The quantitative estimate of drug-likeness (QED) is 0.847. The molecule has 0 saturated carbocycles. The second-order valence-corrected chi connectivity index (χ2v) is 5.40. The van der Waals surface area contributed by atoms with Crippen LogP contribution in [-0.2, 0) is 17.9 Å². The molecule has 110 valence electrons. The van der Waals surface area contributed by atoms with Gasteiger partial charge < -0.3 is 4.74 Å². The lowest BCUT2D eigenvalue weighted by Crippen LogP contribution is -2.25. The summed E-state index contributed by atoms with van der Waals surface area (Å²) in [5.74, 6) is 0.930. The van der Waals surface area contributed by atoms with Crippen molar-refractivity contribution in [1.82, 2.24) is 5.48 Å². The zero-order valence-corrected chi connectivity index (χ0v) is 12.3. The summed E-state index contributed by atoms with van der Waals surface area (Å²) in [6.45, 7) is 0.586. The molecule has 3 rings (SSSR count). The Morgan fingerprint density at radius 3 is 2.81 bits per heavy atom. The summed E-state index contributed by atoms with van der Waals surface area (Å²) in [6.07, 6.45) is 3.39. The van der Waals surface area contributed by atoms with Crippen LogP contribution in [0.2, 0.25) is 0 Å². The molecule has 0 fully saturated rings. The number of benzene rings is 2. The molecule has 0 amide bonds. The molecule has 0 bridgehead atoms. The smallest absolute Gasteiger partial charge is 0.119 e. The Labute approximate surface area is 125 Å². The molecular weight excluding hydrogens is 262 g/mol. The van der Waals surface area contributed by atoms with Crippen molar-refractivity contribution in [2.45, 2.75) is 31.9 Å². The maximum absolute atomic E-state index is 5.69. The number of hydrogen-bond donors (Lipinski definition) is 1. The van der Waals surface area contributed by atoms with Gasteiger partial charge in [0.15, 0.2) is 0 Å². The van der Waals surface area contributed by atoms with Crippen LogP contribution in [0.4, 0.5) is 0 Å². The minimum Gasteiger partial charge on any atom is -0.497 e. The first-order valence-corrected chi connectivity index (χ1v) is 7.45. The summed E-state index contributed by atoms with van der Waals surface area (Å²) in [6, 6.07) is 16.8. The van der Waals surface area contributed by atoms with E-state index < -0.39 is 0 Å². The normalized spacial score (nSPS) is 17.3. The molecule has 0 aromatic heterocycles. The van der Waals surface area contributed by atoms with Gasteiger partial charge in [-0.25, -0.2) is 0 Å². The van der Waals surface area contributed by atoms with E-state index in [1.54, 1.807) is 7.11 Å². The third kappa shape index (κ3) is 3.43. The summed E-state index contributed by atoms with van der Waals surface area (Å²) < 4.78 is 5.30. The summed E-state index contributed by atoms with van der Waals surface area (Å²) in [7, 11) is 1.71. The van der Waals surface area contributed by atoms with Crippen molar-refractivity contribution in [2.75, 3.05) is 7.11 Å². The van der Waals surface area contributed by atoms with E-state index in [0.29, 0.717) is 6.61 Å². The number of hydrogen-bond acceptors (Lipinski definition) is 3. The number of rotatable bonds is 5. The predicted molar refractivity (Wildman–Crippen MR) is 83.0 cm³/mol. The lowest BCUT2D eigenvalue weighted by atomic mass is 9.88. The van der Waals surface area contributed by atoms with Gasteiger partial charge in [-0.1, -0.05) is 36.4 Å². The fourth-order valence-electron chi connectivity index (χ4n) is 2.84. The molecule has 0 spiro atoms. The number of hydroxylamine groups is 1. The van der Waals surface area contributed by atoms with E-state index in [1.807, 2.05) is 24.3 Å². The fraction of sp³-hybridized carbons (Fsp3) is 0.333. The molecule has 1 aliphatic rings. The molecular formula is C18H21NO2. The van der Waals surface area contributed by atoms with Crippen molar-refractivity contribution in [3.8, 4) is 5.75 Å². The van der Waals surface area contributed by atoms with Gasteiger partial charge in [0.05, 0.1) is 19.8 Å². The number of methoxy groups -OCH3 is 1. The van der Waals surface area contributed by atoms with Crippen LogP contribution in [0.1, 0.15) is 35.6 Å². The molecule has 3 heteroatoms. The molecule has 3 nitrogen and oxygen atoms in total. The Hall–Kier alpha value is -1.84. The number of ether oxygens (including phenoxy) is 1. The van der Waals surface area contributed by atoms with Crippen molar-refractivity contribution in [3.05, 3.63) is 65.2 Å². The fourth-order valence-corrected chi connectivity index (χ4v) is 2.84. The number of fused-ring (bicyclic) bond motifs is 1. The van der Waals surface area contributed by atoms with Crippen LogP contribution in [-0.4, -0.2) is 7.11 Å². The van der Waals surface area contributed by atoms with Crippen LogP contribution in [0.25, 0.3) is 0 Å². The Morgan fingerprint density at radius 2 is 2.00 bits per heavy atom. The molecule has 1 aliphatic carbocycles. The minimum atomic E-state index is 0.267. The van der Waals surface area contributed by atoms with Crippen LogP contribution in [0.3, 0.4) is 0 Å². The average molecular weight is 283 g/mol. The highest BCUT2D eigenvalue weighted by molar-refractivity contribution is 5.38. The van der Waals surface area contributed by atoms with Crippen molar-refractivity contribution in [1.29, 1.82) is 0 Å². The van der Waals surface area contributed by atoms with Crippen LogP contribution in [0, 0.1) is 0 Å². The first-order chi connectivity index (χ1) is 10.4. The molecule has 0 heterocycles. The van der Waals surface area contributed by atoms with Gasteiger partial charge in [-0.2, -0.15) is 5.48 Å². The highest BCUT2D eigenvalue weighted by Gasteiger charge is 2.20. The topological polar surface area (TPSA) is 30.5 Å². The first-order valence-electron chi connectivity index (χ1n) is 7.45. The van der Waals surface area contributed by atoms with Crippen molar-refractivity contribution in [3.63, 3.8) is 0 Å². The third-order valence-corrected chi connectivity index (χ3v) is 3.97. The lowest BCUT2D eigenvalue weighted by Gasteiger charge is -2.26. The van der Waals surface area contributed by atoms with Gasteiger partial charge in [-0.3, -0.25) is 4.84 Å². The Balaban J connectivity index is 1.62. The maximum atomic E-state index is 5.69. The molecule has 0 aliphatic heterocycles. The van der Waals surface area contributed by atoms with Gasteiger partial charge in [-0.05, 0) is 48.1 Å². The first kappa shape index (κ1) is 14.1. The summed E-state index contributed by atoms with van der Waals surface area (Å²) in [5.41, 5.74) is 7.09. The van der Waals surface area contributed by atoms with E-state index in [1.165, 1.54) is 23.1 Å². The van der Waals surface area contributed by atoms with Crippen LogP contribution in [0.5, 0.6) is 5.75 Å². The molecule has 2 aromatic rings. The molecule has 0 saturated heterocycles. The van der Waals surface area contributed by atoms with Crippen LogP contribution < -0.4 is 10.2 Å². The van der Waals surface area contributed by atoms with Gasteiger partial charge in [0, 0.05) is 0 Å². The Kier molecular flexibility index (Phi) is 4.53. The van der Waals surface area contributed by atoms with Crippen molar-refractivity contribution < 1.29 is 9.57 Å². The van der Waals surface area contributed by atoms with E-state index in [9.17, 15) is 0 Å². The van der Waals surface area contributed by atoms with Gasteiger partial charge in [-0.15, -0.1) is 0 Å². The molecule has 0 radical (unpaired) electrons. The Morgan fingerprint density at radius 1 is 1.14 bits per heavy atom. The zero-order valence-electron chi connectivity index (χ0n) is 12.3. The second kappa shape index (κ2) is 6.74. The minimum absolute atomic E-state index is 0.267. The van der Waals surface area contributed by atoms with E-state index in [0.717, 1.165) is 18.6 Å². The predicted octanol–water partition coefficient (Wildman–Crippen LogP) is 3.79. The van der Waals surface area contributed by atoms with Gasteiger partial charge in [0.2, 0.25) is 0 Å². The van der Waals surface area contributed by atoms with Crippen LogP contribution >= 0.6 is 0 Å². The Bertz CT molecular complexity index is 583. The van der Waals surface area contributed by atoms with Gasteiger partial charge in [0.1, 0.15) is 5.75 Å². The lowest BCUT2D eigenvalue weighted by molar-refractivity contribution is -0.000892. The largest absolute Gasteiger partial charge is 0.497 e. The monoisotopic (exact) mass is 283 g/mol. The summed E-state index contributed by atoms with van der Waals surface area (Å²) in [5, 5.41) is 0. The van der Waals surface area contributed by atoms with Gasteiger partial charge in [0.25, 0.3) is 0 Å². The SMILES string of the molecule is COc1ccc2c(c1)CCCC2NOCc1ccccc1. The van der Waals surface area contributed by atoms with Gasteiger partial charge >= 0.3 is 0 Å². The third-order valence-electron chi connectivity index (χ3n) is 3.97. The van der Waals surface area contributed by atoms with E-state index in [2.05, 4.69) is 29.7 Å². The molecule has 21 heavy (non-hydrogen) atoms. The molecule has 1 unspecified atom stereocenters. The van der Waals surface area contributed by atoms with Crippen molar-refractivity contribution in [2.24, 2.45) is 0 Å². The summed E-state index contributed by atoms with van der Waals surface area (Å²) >= 11 is 0. The molecule has 2 aromatic carbocycles. The molecule has 1 atom stereocenters. The molecule has 1 N–H and O–H groups in total. The number of nitrogens with one attached hydrogen (secondary N) is 1. The highest BCUT2D eigenvalue weighted by Crippen LogP contribution is 2.32. The van der Waals surface area contributed by atoms with Crippen molar-refractivity contribution >= 4 is 0 Å². The second-order valence-electron chi connectivity index (χ2n) is 5.40. The van der Waals surface area contributed by atoms with E-state index >= 15 is 0 Å². The summed E-state index contributed by atoms with van der Waals surface area (Å²) in [4.78, 5) is 5.69.